The Labute approximate surface area is 186 Å². The van der Waals surface area contributed by atoms with Gasteiger partial charge in [0.15, 0.2) is 0 Å². The molecule has 0 unspecified atom stereocenters. The SMILES string of the molecule is O=c1[nH]c(COC2CCOCC2)nc2cc(OCC3CCN(C4CNC4)CC3)cc(F)c12. The lowest BCUT2D eigenvalue weighted by Crippen LogP contribution is -2.58. The number of ether oxygens (including phenoxy) is 3. The number of nitrogens with zero attached hydrogens (tertiary/aromatic N) is 2. The van der Waals surface area contributed by atoms with E-state index in [-0.39, 0.29) is 18.1 Å². The van der Waals surface area contributed by atoms with Crippen molar-refractivity contribution in [2.75, 3.05) is 46.0 Å². The Hall–Kier alpha value is -2.07. The van der Waals surface area contributed by atoms with Crippen LogP contribution in [0.4, 0.5) is 4.39 Å². The summed E-state index contributed by atoms with van der Waals surface area (Å²) in [4.78, 5) is 22.1. The van der Waals surface area contributed by atoms with Crippen LogP contribution in [0, 0.1) is 11.7 Å². The lowest BCUT2D eigenvalue weighted by atomic mass is 9.95. The Kier molecular flexibility index (Phi) is 6.68. The molecule has 4 heterocycles. The van der Waals surface area contributed by atoms with Crippen LogP contribution in [0.15, 0.2) is 16.9 Å². The van der Waals surface area contributed by atoms with Gasteiger partial charge in [0, 0.05) is 44.5 Å². The molecule has 2 aromatic rings. The predicted molar refractivity (Wildman–Crippen MR) is 117 cm³/mol. The Bertz CT molecular complexity index is 982. The number of aromatic amines is 1. The number of hydrogen-bond acceptors (Lipinski definition) is 7. The molecular formula is C23H31FN4O4. The number of likely N-dealkylation sites (tertiary alicyclic amines) is 1. The number of benzene rings is 1. The largest absolute Gasteiger partial charge is 0.493 e. The highest BCUT2D eigenvalue weighted by atomic mass is 19.1. The second kappa shape index (κ2) is 9.82. The topological polar surface area (TPSA) is 88.7 Å². The van der Waals surface area contributed by atoms with Crippen molar-refractivity contribution in [3.05, 3.63) is 34.1 Å². The van der Waals surface area contributed by atoms with Crippen LogP contribution >= 0.6 is 0 Å². The highest BCUT2D eigenvalue weighted by molar-refractivity contribution is 5.79. The van der Waals surface area contributed by atoms with Crippen molar-refractivity contribution in [2.45, 2.75) is 44.4 Å². The van der Waals surface area contributed by atoms with E-state index in [4.69, 9.17) is 14.2 Å². The maximum absolute atomic E-state index is 14.7. The van der Waals surface area contributed by atoms with E-state index in [0.29, 0.717) is 48.9 Å². The van der Waals surface area contributed by atoms with Crippen molar-refractivity contribution < 1.29 is 18.6 Å². The van der Waals surface area contributed by atoms with E-state index in [0.717, 1.165) is 51.9 Å². The van der Waals surface area contributed by atoms with Crippen LogP contribution in [0.2, 0.25) is 0 Å². The van der Waals surface area contributed by atoms with Gasteiger partial charge >= 0.3 is 0 Å². The molecule has 1 aromatic carbocycles. The summed E-state index contributed by atoms with van der Waals surface area (Å²) in [6.45, 7) is 6.42. The van der Waals surface area contributed by atoms with E-state index in [9.17, 15) is 9.18 Å². The van der Waals surface area contributed by atoms with Crippen molar-refractivity contribution in [1.29, 1.82) is 0 Å². The smallest absolute Gasteiger partial charge is 0.261 e. The highest BCUT2D eigenvalue weighted by Crippen LogP contribution is 2.25. The number of hydrogen-bond donors (Lipinski definition) is 2. The molecule has 0 saturated carbocycles. The van der Waals surface area contributed by atoms with E-state index in [1.54, 1.807) is 6.07 Å². The first-order chi connectivity index (χ1) is 15.7. The summed E-state index contributed by atoms with van der Waals surface area (Å²) in [6.07, 6.45) is 3.89. The van der Waals surface area contributed by atoms with Crippen LogP contribution < -0.4 is 15.6 Å². The first kappa shape index (κ1) is 21.8. The zero-order chi connectivity index (χ0) is 21.9. The molecule has 3 aliphatic heterocycles. The van der Waals surface area contributed by atoms with Crippen LogP contribution in [0.5, 0.6) is 5.75 Å². The fourth-order valence-electron chi connectivity index (χ4n) is 4.67. The molecule has 174 valence electrons. The Morgan fingerprint density at radius 1 is 1.16 bits per heavy atom. The van der Waals surface area contributed by atoms with Gasteiger partial charge in [0.05, 0.1) is 18.2 Å². The third kappa shape index (κ3) is 4.96. The van der Waals surface area contributed by atoms with Gasteiger partial charge in [-0.05, 0) is 44.7 Å². The van der Waals surface area contributed by atoms with Crippen LogP contribution in [-0.4, -0.2) is 73.0 Å². The van der Waals surface area contributed by atoms with Crippen molar-refractivity contribution in [3.8, 4) is 5.75 Å². The molecule has 32 heavy (non-hydrogen) atoms. The van der Waals surface area contributed by atoms with Crippen molar-refractivity contribution in [3.63, 3.8) is 0 Å². The maximum atomic E-state index is 14.7. The summed E-state index contributed by atoms with van der Waals surface area (Å²) in [6, 6.07) is 3.62. The van der Waals surface area contributed by atoms with Crippen LogP contribution in [-0.2, 0) is 16.1 Å². The zero-order valence-corrected chi connectivity index (χ0v) is 18.3. The number of piperidine rings is 1. The number of aromatic nitrogens is 2. The van der Waals surface area contributed by atoms with Crippen LogP contribution in [0.1, 0.15) is 31.5 Å². The molecule has 0 spiro atoms. The zero-order valence-electron chi connectivity index (χ0n) is 18.3. The molecule has 3 fully saturated rings. The number of nitrogens with one attached hydrogen (secondary N) is 2. The molecule has 3 aliphatic rings. The maximum Gasteiger partial charge on any atom is 0.261 e. The molecule has 2 N–H and O–H groups in total. The minimum Gasteiger partial charge on any atom is -0.493 e. The minimum absolute atomic E-state index is 0.0467. The predicted octanol–water partition coefficient (Wildman–Crippen LogP) is 1.82. The van der Waals surface area contributed by atoms with Gasteiger partial charge in [-0.1, -0.05) is 0 Å². The summed E-state index contributed by atoms with van der Waals surface area (Å²) < 4.78 is 31.8. The molecule has 0 aliphatic carbocycles. The van der Waals surface area contributed by atoms with E-state index >= 15 is 0 Å². The van der Waals surface area contributed by atoms with Crippen molar-refractivity contribution >= 4 is 10.9 Å². The molecule has 3 saturated heterocycles. The van der Waals surface area contributed by atoms with Gasteiger partial charge in [0.2, 0.25) is 0 Å². The van der Waals surface area contributed by atoms with Crippen molar-refractivity contribution in [1.82, 2.24) is 20.2 Å². The quantitative estimate of drug-likeness (QED) is 0.671. The summed E-state index contributed by atoms with van der Waals surface area (Å²) in [7, 11) is 0. The normalized spacial score (nSPS) is 21.7. The molecule has 0 amide bonds. The standard InChI is InChI=1S/C23H31FN4O4/c24-19-9-18(31-13-15-1-5-28(6-2-15)16-11-25-12-16)10-20-22(19)23(29)27-21(26-20)14-32-17-3-7-30-8-4-17/h9-10,15-17,25H,1-8,11-14H2,(H,26,27,29). The third-order valence-electron chi connectivity index (χ3n) is 6.82. The highest BCUT2D eigenvalue weighted by Gasteiger charge is 2.28. The molecule has 0 atom stereocenters. The van der Waals surface area contributed by atoms with E-state index in [1.165, 1.54) is 6.07 Å². The van der Waals surface area contributed by atoms with E-state index < -0.39 is 11.4 Å². The lowest BCUT2D eigenvalue weighted by molar-refractivity contribution is -0.0408. The summed E-state index contributed by atoms with van der Waals surface area (Å²) >= 11 is 0. The molecule has 0 radical (unpaired) electrons. The van der Waals surface area contributed by atoms with E-state index in [1.807, 2.05) is 0 Å². The Balaban J connectivity index is 1.22. The van der Waals surface area contributed by atoms with E-state index in [2.05, 4.69) is 20.2 Å². The van der Waals surface area contributed by atoms with Gasteiger partial charge in [0.1, 0.15) is 29.4 Å². The number of H-pyrrole nitrogens is 1. The van der Waals surface area contributed by atoms with Crippen LogP contribution in [0.25, 0.3) is 10.9 Å². The third-order valence-corrected chi connectivity index (χ3v) is 6.82. The molecule has 8 nitrogen and oxygen atoms in total. The van der Waals surface area contributed by atoms with Gasteiger partial charge in [-0.25, -0.2) is 9.37 Å². The minimum atomic E-state index is -0.615. The fraction of sp³-hybridized carbons (Fsp3) is 0.652. The molecule has 5 rings (SSSR count). The van der Waals surface area contributed by atoms with Gasteiger partial charge in [-0.15, -0.1) is 0 Å². The number of fused-ring (bicyclic) bond motifs is 1. The van der Waals surface area contributed by atoms with Crippen molar-refractivity contribution in [2.24, 2.45) is 5.92 Å². The number of rotatable bonds is 7. The first-order valence-electron chi connectivity index (χ1n) is 11.6. The van der Waals surface area contributed by atoms with Gasteiger partial charge in [-0.2, -0.15) is 0 Å². The molecular weight excluding hydrogens is 415 g/mol. The average molecular weight is 447 g/mol. The summed E-state index contributed by atoms with van der Waals surface area (Å²) in [5, 5.41) is 3.28. The fourth-order valence-corrected chi connectivity index (χ4v) is 4.67. The molecule has 9 heteroatoms. The lowest BCUT2D eigenvalue weighted by Gasteiger charge is -2.42. The average Bonchev–Trinajstić information content (AvgIpc) is 2.76. The monoisotopic (exact) mass is 446 g/mol. The summed E-state index contributed by atoms with van der Waals surface area (Å²) in [5.74, 6) is 0.641. The Morgan fingerprint density at radius 3 is 2.66 bits per heavy atom. The van der Waals surface area contributed by atoms with Crippen LogP contribution in [0.3, 0.4) is 0 Å². The second-order valence-corrected chi connectivity index (χ2v) is 9.04. The second-order valence-electron chi connectivity index (χ2n) is 9.04. The first-order valence-corrected chi connectivity index (χ1v) is 11.6. The van der Waals surface area contributed by atoms with Gasteiger partial charge < -0.3 is 24.5 Å². The summed E-state index contributed by atoms with van der Waals surface area (Å²) in [5.41, 5.74) is -0.205. The molecule has 0 bridgehead atoms. The Morgan fingerprint density at radius 2 is 1.94 bits per heavy atom. The molecule has 1 aromatic heterocycles. The van der Waals surface area contributed by atoms with Gasteiger partial charge in [-0.3, -0.25) is 9.69 Å². The van der Waals surface area contributed by atoms with Gasteiger partial charge in [0.25, 0.3) is 5.56 Å². The number of halogens is 1.